The summed E-state index contributed by atoms with van der Waals surface area (Å²) in [7, 11) is 1.64. The lowest BCUT2D eigenvalue weighted by molar-refractivity contribution is 0.303. The smallest absolute Gasteiger partial charge is 0.143 e. The van der Waals surface area contributed by atoms with Crippen molar-refractivity contribution in [1.82, 2.24) is 0 Å². The number of para-hydroxylation sites is 1. The maximum absolute atomic E-state index is 5.97. The first-order valence-corrected chi connectivity index (χ1v) is 5.97. The number of nitrogen functional groups attached to an aromatic ring is 1. The van der Waals surface area contributed by atoms with Gasteiger partial charge in [-0.3, -0.25) is 0 Å². The Morgan fingerprint density at radius 2 is 2.25 bits per heavy atom. The molecule has 1 aliphatic carbocycles. The molecule has 3 N–H and O–H groups in total. The zero-order valence-corrected chi connectivity index (χ0v) is 9.83. The fourth-order valence-electron chi connectivity index (χ4n) is 2.07. The topological polar surface area (TPSA) is 47.3 Å². The van der Waals surface area contributed by atoms with Crippen LogP contribution in [-0.2, 0) is 0 Å². The molecule has 0 amide bonds. The maximum Gasteiger partial charge on any atom is 0.143 e. The Hall–Kier alpha value is -1.38. The summed E-state index contributed by atoms with van der Waals surface area (Å²) in [6, 6.07) is 5.84. The van der Waals surface area contributed by atoms with Crippen LogP contribution in [0, 0.1) is 5.92 Å². The first kappa shape index (κ1) is 11.1. The molecule has 3 nitrogen and oxygen atoms in total. The molecule has 0 atom stereocenters. The van der Waals surface area contributed by atoms with Gasteiger partial charge in [0.2, 0.25) is 0 Å². The number of nitrogens with two attached hydrogens (primary N) is 1. The van der Waals surface area contributed by atoms with Crippen LogP contribution in [0.4, 0.5) is 11.4 Å². The molecular formula is C13H20N2O. The molecule has 0 spiro atoms. The largest absolute Gasteiger partial charge is 0.495 e. The van der Waals surface area contributed by atoms with Crippen LogP contribution in [0.3, 0.4) is 0 Å². The number of rotatable bonds is 5. The van der Waals surface area contributed by atoms with Crippen molar-refractivity contribution in [2.45, 2.75) is 25.7 Å². The predicted octanol–water partition coefficient (Wildman–Crippen LogP) is 2.88. The minimum absolute atomic E-state index is 0.707. The number of benzene rings is 1. The number of methoxy groups -OCH3 is 1. The molecule has 1 saturated carbocycles. The van der Waals surface area contributed by atoms with Gasteiger partial charge in [0.15, 0.2) is 0 Å². The summed E-state index contributed by atoms with van der Waals surface area (Å²) in [6.07, 6.45) is 5.45. The lowest BCUT2D eigenvalue weighted by Crippen LogP contribution is -2.16. The predicted molar refractivity (Wildman–Crippen MR) is 67.9 cm³/mol. The van der Waals surface area contributed by atoms with Gasteiger partial charge in [0.1, 0.15) is 5.75 Å². The average molecular weight is 220 g/mol. The highest BCUT2D eigenvalue weighted by Crippen LogP contribution is 2.31. The van der Waals surface area contributed by atoms with Crippen LogP contribution in [0.15, 0.2) is 18.2 Å². The molecule has 1 aliphatic rings. The van der Waals surface area contributed by atoms with E-state index < -0.39 is 0 Å². The molecule has 3 heteroatoms. The highest BCUT2D eigenvalue weighted by Gasteiger charge is 2.16. The van der Waals surface area contributed by atoms with Gasteiger partial charge < -0.3 is 15.8 Å². The van der Waals surface area contributed by atoms with Gasteiger partial charge in [-0.15, -0.1) is 0 Å². The molecule has 0 aromatic heterocycles. The Balaban J connectivity index is 1.87. The summed E-state index contributed by atoms with van der Waals surface area (Å²) in [5.41, 5.74) is 7.66. The zero-order chi connectivity index (χ0) is 11.4. The van der Waals surface area contributed by atoms with Crippen LogP contribution in [0.2, 0.25) is 0 Å². The summed E-state index contributed by atoms with van der Waals surface area (Å²) in [6.45, 7) is 1.00. The van der Waals surface area contributed by atoms with Gasteiger partial charge in [0.05, 0.1) is 18.5 Å². The van der Waals surface area contributed by atoms with Crippen molar-refractivity contribution in [3.05, 3.63) is 18.2 Å². The van der Waals surface area contributed by atoms with Gasteiger partial charge >= 0.3 is 0 Å². The third-order valence-corrected chi connectivity index (χ3v) is 3.38. The molecule has 88 valence electrons. The van der Waals surface area contributed by atoms with E-state index in [2.05, 4.69) is 5.32 Å². The van der Waals surface area contributed by atoms with E-state index in [1.54, 1.807) is 7.11 Å². The van der Waals surface area contributed by atoms with E-state index in [-0.39, 0.29) is 0 Å². The number of hydrogen-bond acceptors (Lipinski definition) is 3. The molecule has 16 heavy (non-hydrogen) atoms. The Bertz CT molecular complexity index is 348. The first-order valence-electron chi connectivity index (χ1n) is 5.97. The van der Waals surface area contributed by atoms with Crippen molar-refractivity contribution >= 4 is 11.4 Å². The molecule has 0 saturated heterocycles. The fourth-order valence-corrected chi connectivity index (χ4v) is 2.07. The number of nitrogens with one attached hydrogen (secondary N) is 1. The number of hydrogen-bond donors (Lipinski definition) is 2. The van der Waals surface area contributed by atoms with Crippen LogP contribution in [0.1, 0.15) is 25.7 Å². The summed E-state index contributed by atoms with van der Waals surface area (Å²) in [4.78, 5) is 0. The van der Waals surface area contributed by atoms with E-state index in [1.807, 2.05) is 18.2 Å². The zero-order valence-electron chi connectivity index (χ0n) is 9.83. The summed E-state index contributed by atoms with van der Waals surface area (Å²) in [5, 5.41) is 3.38. The third kappa shape index (κ3) is 2.40. The van der Waals surface area contributed by atoms with Gasteiger partial charge in [-0.25, -0.2) is 0 Å². The van der Waals surface area contributed by atoms with Gasteiger partial charge in [0.25, 0.3) is 0 Å². The quantitative estimate of drug-likeness (QED) is 0.750. The van der Waals surface area contributed by atoms with Crippen LogP contribution >= 0.6 is 0 Å². The molecule has 2 rings (SSSR count). The SMILES string of the molecule is COc1cccc(NCCC2CCC2)c1N. The van der Waals surface area contributed by atoms with Crippen LogP contribution in [-0.4, -0.2) is 13.7 Å². The van der Waals surface area contributed by atoms with Crippen molar-refractivity contribution in [2.24, 2.45) is 5.92 Å². The van der Waals surface area contributed by atoms with Crippen molar-refractivity contribution < 1.29 is 4.74 Å². The molecule has 1 aromatic carbocycles. The Kier molecular flexibility index (Phi) is 3.54. The van der Waals surface area contributed by atoms with E-state index in [4.69, 9.17) is 10.5 Å². The molecule has 0 radical (unpaired) electrons. The monoisotopic (exact) mass is 220 g/mol. The van der Waals surface area contributed by atoms with Gasteiger partial charge in [-0.2, -0.15) is 0 Å². The Morgan fingerprint density at radius 1 is 1.44 bits per heavy atom. The first-order chi connectivity index (χ1) is 7.81. The standard InChI is InChI=1S/C13H20N2O/c1-16-12-7-3-6-11(13(12)14)15-9-8-10-4-2-5-10/h3,6-7,10,15H,2,4-5,8-9,14H2,1H3. The van der Waals surface area contributed by atoms with E-state index in [0.29, 0.717) is 5.69 Å². The van der Waals surface area contributed by atoms with E-state index in [9.17, 15) is 0 Å². The molecule has 1 aromatic rings. The molecule has 1 fully saturated rings. The average Bonchev–Trinajstić information content (AvgIpc) is 2.24. The van der Waals surface area contributed by atoms with Crippen molar-refractivity contribution in [2.75, 3.05) is 24.7 Å². The van der Waals surface area contributed by atoms with Crippen molar-refractivity contribution in [1.29, 1.82) is 0 Å². The third-order valence-electron chi connectivity index (χ3n) is 3.38. The molecule has 0 unspecified atom stereocenters. The Morgan fingerprint density at radius 3 is 2.88 bits per heavy atom. The number of anilines is 2. The summed E-state index contributed by atoms with van der Waals surface area (Å²) >= 11 is 0. The summed E-state index contributed by atoms with van der Waals surface area (Å²) in [5.74, 6) is 1.67. The van der Waals surface area contributed by atoms with Crippen molar-refractivity contribution in [3.8, 4) is 5.75 Å². The van der Waals surface area contributed by atoms with E-state index in [0.717, 1.165) is 23.9 Å². The van der Waals surface area contributed by atoms with Crippen LogP contribution < -0.4 is 15.8 Å². The molecule has 0 heterocycles. The second-order valence-electron chi connectivity index (χ2n) is 4.43. The highest BCUT2D eigenvalue weighted by atomic mass is 16.5. The maximum atomic E-state index is 5.97. The second kappa shape index (κ2) is 5.10. The fraction of sp³-hybridized carbons (Fsp3) is 0.538. The molecular weight excluding hydrogens is 200 g/mol. The van der Waals surface area contributed by atoms with Gasteiger partial charge in [-0.1, -0.05) is 25.3 Å². The van der Waals surface area contributed by atoms with Gasteiger partial charge in [0, 0.05) is 6.54 Å². The lowest BCUT2D eigenvalue weighted by Gasteiger charge is -2.25. The summed E-state index contributed by atoms with van der Waals surface area (Å²) < 4.78 is 5.18. The van der Waals surface area contributed by atoms with Gasteiger partial charge in [-0.05, 0) is 24.5 Å². The minimum Gasteiger partial charge on any atom is -0.495 e. The van der Waals surface area contributed by atoms with Crippen LogP contribution in [0.5, 0.6) is 5.75 Å². The highest BCUT2D eigenvalue weighted by molar-refractivity contribution is 5.72. The minimum atomic E-state index is 0.707. The lowest BCUT2D eigenvalue weighted by atomic mass is 9.83. The van der Waals surface area contributed by atoms with E-state index >= 15 is 0 Å². The normalized spacial score (nSPS) is 15.6. The van der Waals surface area contributed by atoms with E-state index in [1.165, 1.54) is 25.7 Å². The second-order valence-corrected chi connectivity index (χ2v) is 4.43. The molecule has 0 bridgehead atoms. The van der Waals surface area contributed by atoms with Crippen LogP contribution in [0.25, 0.3) is 0 Å². The van der Waals surface area contributed by atoms with Crippen molar-refractivity contribution in [3.63, 3.8) is 0 Å². The number of ether oxygens (including phenoxy) is 1. The Labute approximate surface area is 97.0 Å². The molecule has 0 aliphatic heterocycles.